The summed E-state index contributed by atoms with van der Waals surface area (Å²) in [7, 11) is 0. The van der Waals surface area contributed by atoms with Gasteiger partial charge in [-0.05, 0) is 33.3 Å². The van der Waals surface area contributed by atoms with Crippen LogP contribution < -0.4 is 0 Å². The third-order valence-electron chi connectivity index (χ3n) is 5.34. The maximum absolute atomic E-state index is 11.0. The second-order valence-electron chi connectivity index (χ2n) is 8.27. The van der Waals surface area contributed by atoms with Gasteiger partial charge in [-0.3, -0.25) is 0 Å². The van der Waals surface area contributed by atoms with E-state index < -0.39 is 23.8 Å². The fourth-order valence-electron chi connectivity index (χ4n) is 4.17. The Morgan fingerprint density at radius 2 is 1.62 bits per heavy atom. The van der Waals surface area contributed by atoms with Crippen molar-refractivity contribution in [3.63, 3.8) is 0 Å². The Labute approximate surface area is 154 Å². The molecule has 26 heavy (non-hydrogen) atoms. The molecule has 1 aromatic carbocycles. The van der Waals surface area contributed by atoms with Gasteiger partial charge in [-0.2, -0.15) is 0 Å². The maximum atomic E-state index is 11.0. The minimum absolute atomic E-state index is 0.220. The smallest absolute Gasteiger partial charge is 0.164 e. The van der Waals surface area contributed by atoms with Gasteiger partial charge >= 0.3 is 0 Å². The minimum Gasteiger partial charge on any atom is -0.390 e. The number of aliphatic hydroxyl groups excluding tert-OH is 1. The van der Waals surface area contributed by atoms with Crippen molar-refractivity contribution in [2.45, 2.75) is 76.4 Å². The Hall–Kier alpha value is -1.02. The van der Waals surface area contributed by atoms with Gasteiger partial charge in [0.05, 0.1) is 25.4 Å². The number of aliphatic hydroxyl groups is 1. The Morgan fingerprint density at radius 1 is 0.962 bits per heavy atom. The molecule has 6 nitrogen and oxygen atoms in total. The molecule has 2 saturated heterocycles. The molecular weight excluding hydrogens is 336 g/mol. The number of hydrogen-bond acceptors (Lipinski definition) is 6. The number of hydrogen-bond donors (Lipinski definition) is 1. The highest BCUT2D eigenvalue weighted by Gasteiger charge is 2.61. The van der Waals surface area contributed by atoms with E-state index in [2.05, 4.69) is 0 Å². The highest BCUT2D eigenvalue weighted by molar-refractivity contribution is 5.14. The van der Waals surface area contributed by atoms with Crippen LogP contribution in [0.25, 0.3) is 0 Å². The summed E-state index contributed by atoms with van der Waals surface area (Å²) in [5.74, 6) is -1.67. The Kier molecular flexibility index (Phi) is 4.62. The molecule has 1 aromatic rings. The zero-order valence-electron chi connectivity index (χ0n) is 15.8. The SMILES string of the molecule is CC1(C)OC[C@@H]2C(O)[C@@H](OCc3ccccc3)[C@H]3OC(C)(C)O[C@H]3[C@@H]2O1. The summed E-state index contributed by atoms with van der Waals surface area (Å²) in [6.07, 6.45) is -2.24. The van der Waals surface area contributed by atoms with Gasteiger partial charge in [0.2, 0.25) is 0 Å². The first-order valence-electron chi connectivity index (χ1n) is 9.27. The second-order valence-corrected chi connectivity index (χ2v) is 8.27. The van der Waals surface area contributed by atoms with Crippen LogP contribution in [-0.4, -0.2) is 53.8 Å². The summed E-state index contributed by atoms with van der Waals surface area (Å²) >= 11 is 0. The van der Waals surface area contributed by atoms with Crippen molar-refractivity contribution in [3.05, 3.63) is 35.9 Å². The molecule has 0 amide bonds. The van der Waals surface area contributed by atoms with E-state index in [9.17, 15) is 5.11 Å². The monoisotopic (exact) mass is 364 g/mol. The molecule has 0 aromatic heterocycles. The first-order valence-corrected chi connectivity index (χ1v) is 9.27. The molecule has 1 unspecified atom stereocenters. The lowest BCUT2D eigenvalue weighted by Crippen LogP contribution is -2.66. The molecule has 1 aliphatic carbocycles. The van der Waals surface area contributed by atoms with Crippen LogP contribution >= 0.6 is 0 Å². The van der Waals surface area contributed by atoms with E-state index >= 15 is 0 Å². The lowest BCUT2D eigenvalue weighted by atomic mass is 9.78. The maximum Gasteiger partial charge on any atom is 0.164 e. The average Bonchev–Trinajstić information content (AvgIpc) is 2.90. The normalized spacial score (nSPS) is 40.7. The van der Waals surface area contributed by atoms with Crippen LogP contribution in [0.2, 0.25) is 0 Å². The molecule has 4 rings (SSSR count). The van der Waals surface area contributed by atoms with Crippen LogP contribution in [0.3, 0.4) is 0 Å². The molecular formula is C20H28O6. The van der Waals surface area contributed by atoms with Gasteiger partial charge < -0.3 is 28.8 Å². The third-order valence-corrected chi connectivity index (χ3v) is 5.34. The topological polar surface area (TPSA) is 66.4 Å². The lowest BCUT2D eigenvalue weighted by molar-refractivity contribution is -0.338. The first-order chi connectivity index (χ1) is 12.3. The van der Waals surface area contributed by atoms with Crippen molar-refractivity contribution in [3.8, 4) is 0 Å². The first kappa shape index (κ1) is 18.3. The van der Waals surface area contributed by atoms with Gasteiger partial charge in [-0.1, -0.05) is 30.3 Å². The van der Waals surface area contributed by atoms with Crippen LogP contribution in [0.4, 0.5) is 0 Å². The Bertz CT molecular complexity index is 630. The van der Waals surface area contributed by atoms with Crippen LogP contribution in [0.15, 0.2) is 30.3 Å². The van der Waals surface area contributed by atoms with Crippen molar-refractivity contribution in [2.24, 2.45) is 5.92 Å². The van der Waals surface area contributed by atoms with E-state index in [4.69, 9.17) is 23.7 Å². The van der Waals surface area contributed by atoms with Crippen molar-refractivity contribution in [2.75, 3.05) is 6.61 Å². The average molecular weight is 364 g/mol. The van der Waals surface area contributed by atoms with E-state index in [1.807, 2.05) is 58.0 Å². The van der Waals surface area contributed by atoms with Crippen LogP contribution in [0.1, 0.15) is 33.3 Å². The number of ether oxygens (including phenoxy) is 5. The quantitative estimate of drug-likeness (QED) is 0.887. The molecule has 6 heteroatoms. The standard InChI is InChI=1S/C20H28O6/c1-19(2)23-11-13-14(21)16(22-10-12-8-6-5-7-9-12)18-17(15(13)24-19)25-20(3,4)26-18/h5-9,13-18,21H,10-11H2,1-4H3/t13-,14?,15-,16-,17+,18-/m1/s1. The predicted octanol–water partition coefficient (Wildman–Crippen LogP) is 2.23. The minimum atomic E-state index is -0.751. The highest BCUT2D eigenvalue weighted by atomic mass is 16.8. The summed E-state index contributed by atoms with van der Waals surface area (Å²) in [4.78, 5) is 0. The molecule has 6 atom stereocenters. The lowest BCUT2D eigenvalue weighted by Gasteiger charge is -2.50. The molecule has 144 valence electrons. The molecule has 2 heterocycles. The second kappa shape index (κ2) is 6.55. The molecule has 1 saturated carbocycles. The molecule has 2 aliphatic heterocycles. The van der Waals surface area contributed by atoms with Gasteiger partial charge in [0.25, 0.3) is 0 Å². The third kappa shape index (κ3) is 3.42. The molecule has 0 bridgehead atoms. The van der Waals surface area contributed by atoms with E-state index in [-0.39, 0.29) is 24.2 Å². The Morgan fingerprint density at radius 3 is 2.35 bits per heavy atom. The van der Waals surface area contributed by atoms with Crippen molar-refractivity contribution >= 4 is 0 Å². The number of fused-ring (bicyclic) bond motifs is 3. The van der Waals surface area contributed by atoms with E-state index in [1.165, 1.54) is 0 Å². The van der Waals surface area contributed by atoms with Crippen LogP contribution in [-0.2, 0) is 30.3 Å². The number of benzene rings is 1. The van der Waals surface area contributed by atoms with Gasteiger partial charge in [0.15, 0.2) is 11.6 Å². The summed E-state index contributed by atoms with van der Waals surface area (Å²) < 4.78 is 30.3. The van der Waals surface area contributed by atoms with Gasteiger partial charge in [-0.15, -0.1) is 0 Å². The van der Waals surface area contributed by atoms with E-state index in [1.54, 1.807) is 0 Å². The van der Waals surface area contributed by atoms with Crippen molar-refractivity contribution < 1.29 is 28.8 Å². The summed E-state index contributed by atoms with van der Waals surface area (Å²) in [5, 5.41) is 11.0. The van der Waals surface area contributed by atoms with Crippen LogP contribution in [0.5, 0.6) is 0 Å². The van der Waals surface area contributed by atoms with Crippen molar-refractivity contribution in [1.29, 1.82) is 0 Å². The van der Waals surface area contributed by atoms with Crippen molar-refractivity contribution in [1.82, 2.24) is 0 Å². The summed E-state index contributed by atoms with van der Waals surface area (Å²) in [6.45, 7) is 8.32. The van der Waals surface area contributed by atoms with Gasteiger partial charge in [-0.25, -0.2) is 0 Å². The summed E-state index contributed by atoms with van der Waals surface area (Å²) in [5.41, 5.74) is 1.05. The van der Waals surface area contributed by atoms with Gasteiger partial charge in [0.1, 0.15) is 18.3 Å². The number of rotatable bonds is 3. The fraction of sp³-hybridized carbons (Fsp3) is 0.700. The largest absolute Gasteiger partial charge is 0.390 e. The fourth-order valence-corrected chi connectivity index (χ4v) is 4.17. The van der Waals surface area contributed by atoms with Crippen LogP contribution in [0, 0.1) is 5.92 Å². The van der Waals surface area contributed by atoms with E-state index in [0.29, 0.717) is 13.2 Å². The highest BCUT2D eigenvalue weighted by Crippen LogP contribution is 2.45. The molecule has 3 aliphatic rings. The zero-order chi connectivity index (χ0) is 18.5. The zero-order valence-corrected chi connectivity index (χ0v) is 15.8. The summed E-state index contributed by atoms with van der Waals surface area (Å²) in [6, 6.07) is 9.91. The van der Waals surface area contributed by atoms with Gasteiger partial charge in [0, 0.05) is 5.92 Å². The van der Waals surface area contributed by atoms with E-state index in [0.717, 1.165) is 5.56 Å². The Balaban J connectivity index is 1.57. The molecule has 0 spiro atoms. The predicted molar refractivity (Wildman–Crippen MR) is 93.2 cm³/mol. The molecule has 1 N–H and O–H groups in total. The molecule has 0 radical (unpaired) electrons. The molecule has 3 fully saturated rings.